The van der Waals surface area contributed by atoms with E-state index in [0.717, 1.165) is 5.56 Å². The van der Waals surface area contributed by atoms with Crippen molar-refractivity contribution < 1.29 is 14.0 Å². The van der Waals surface area contributed by atoms with E-state index in [4.69, 9.17) is 0 Å². The van der Waals surface area contributed by atoms with Crippen molar-refractivity contribution >= 4 is 17.5 Å². The van der Waals surface area contributed by atoms with Gasteiger partial charge in [0, 0.05) is 6.42 Å². The third-order valence-electron chi connectivity index (χ3n) is 3.76. The number of hydrogen-bond acceptors (Lipinski definition) is 2. The fourth-order valence-electron chi connectivity index (χ4n) is 2.35. The van der Waals surface area contributed by atoms with Gasteiger partial charge in [-0.15, -0.1) is 0 Å². The number of rotatable bonds is 6. The second-order valence-corrected chi connectivity index (χ2v) is 5.77. The van der Waals surface area contributed by atoms with Crippen LogP contribution in [-0.4, -0.2) is 17.9 Å². The summed E-state index contributed by atoms with van der Waals surface area (Å²) in [5.41, 5.74) is 1.16. The van der Waals surface area contributed by atoms with Crippen molar-refractivity contribution in [2.24, 2.45) is 0 Å². The highest BCUT2D eigenvalue weighted by molar-refractivity contribution is 5.97. The molecule has 126 valence electrons. The predicted octanol–water partition coefficient (Wildman–Crippen LogP) is 3.46. The van der Waals surface area contributed by atoms with Crippen molar-refractivity contribution in [2.75, 3.05) is 5.32 Å². The SMILES string of the molecule is CC(NC(=O)CC(C)c1ccccc1)C(=O)Nc1ccccc1F. The van der Waals surface area contributed by atoms with Crippen molar-refractivity contribution in [1.82, 2.24) is 5.32 Å². The third-order valence-corrected chi connectivity index (χ3v) is 3.76. The molecule has 0 spiro atoms. The van der Waals surface area contributed by atoms with E-state index in [1.165, 1.54) is 12.1 Å². The Morgan fingerprint density at radius 2 is 1.62 bits per heavy atom. The number of benzene rings is 2. The minimum absolute atomic E-state index is 0.0491. The van der Waals surface area contributed by atoms with E-state index in [2.05, 4.69) is 10.6 Å². The van der Waals surface area contributed by atoms with Gasteiger partial charge in [-0.05, 0) is 30.5 Å². The molecule has 0 aromatic heterocycles. The highest BCUT2D eigenvalue weighted by atomic mass is 19.1. The fourth-order valence-corrected chi connectivity index (χ4v) is 2.35. The molecule has 2 rings (SSSR count). The van der Waals surface area contributed by atoms with Crippen molar-refractivity contribution in [3.63, 3.8) is 0 Å². The van der Waals surface area contributed by atoms with Gasteiger partial charge in [0.15, 0.2) is 0 Å². The van der Waals surface area contributed by atoms with Crippen LogP contribution in [0.3, 0.4) is 0 Å². The van der Waals surface area contributed by atoms with Crippen LogP contribution < -0.4 is 10.6 Å². The quantitative estimate of drug-likeness (QED) is 0.853. The van der Waals surface area contributed by atoms with Crippen molar-refractivity contribution in [1.29, 1.82) is 0 Å². The average molecular weight is 328 g/mol. The Morgan fingerprint density at radius 1 is 1.00 bits per heavy atom. The van der Waals surface area contributed by atoms with Gasteiger partial charge >= 0.3 is 0 Å². The molecule has 0 aliphatic heterocycles. The molecular weight excluding hydrogens is 307 g/mol. The zero-order valence-corrected chi connectivity index (χ0v) is 13.8. The van der Waals surface area contributed by atoms with Gasteiger partial charge in [0.25, 0.3) is 0 Å². The van der Waals surface area contributed by atoms with Crippen LogP contribution in [0.5, 0.6) is 0 Å². The summed E-state index contributed by atoms with van der Waals surface area (Å²) in [5.74, 6) is -1.14. The standard InChI is InChI=1S/C19H21FN2O2/c1-13(15-8-4-3-5-9-15)12-18(23)21-14(2)19(24)22-17-11-7-6-10-16(17)20/h3-11,13-14H,12H2,1-2H3,(H,21,23)(H,22,24). The molecule has 0 aliphatic carbocycles. The maximum Gasteiger partial charge on any atom is 0.246 e. The van der Waals surface area contributed by atoms with Gasteiger partial charge in [-0.25, -0.2) is 4.39 Å². The minimum Gasteiger partial charge on any atom is -0.345 e. The molecule has 2 N–H and O–H groups in total. The Bertz CT molecular complexity index is 704. The molecule has 2 unspecified atom stereocenters. The number of amides is 2. The van der Waals surface area contributed by atoms with Crippen molar-refractivity contribution in [3.8, 4) is 0 Å². The van der Waals surface area contributed by atoms with Gasteiger partial charge in [0.1, 0.15) is 11.9 Å². The molecule has 2 atom stereocenters. The van der Waals surface area contributed by atoms with Crippen LogP contribution >= 0.6 is 0 Å². The average Bonchev–Trinajstić information content (AvgIpc) is 2.57. The number of para-hydroxylation sites is 1. The first-order valence-electron chi connectivity index (χ1n) is 7.87. The van der Waals surface area contributed by atoms with E-state index in [0.29, 0.717) is 0 Å². The van der Waals surface area contributed by atoms with Crippen LogP contribution in [0.1, 0.15) is 31.7 Å². The Balaban J connectivity index is 1.87. The van der Waals surface area contributed by atoms with Crippen LogP contribution in [0.2, 0.25) is 0 Å². The number of hydrogen-bond donors (Lipinski definition) is 2. The lowest BCUT2D eigenvalue weighted by Crippen LogP contribution is -2.42. The Labute approximate surface area is 141 Å². The molecule has 0 bridgehead atoms. The highest BCUT2D eigenvalue weighted by Gasteiger charge is 2.18. The van der Waals surface area contributed by atoms with Crippen LogP contribution in [0.15, 0.2) is 54.6 Å². The van der Waals surface area contributed by atoms with Gasteiger partial charge in [-0.1, -0.05) is 49.4 Å². The summed E-state index contributed by atoms with van der Waals surface area (Å²) in [7, 11) is 0. The zero-order valence-electron chi connectivity index (χ0n) is 13.8. The van der Waals surface area contributed by atoms with E-state index in [1.807, 2.05) is 37.3 Å². The van der Waals surface area contributed by atoms with Gasteiger partial charge in [-0.2, -0.15) is 0 Å². The minimum atomic E-state index is -0.750. The molecule has 0 fully saturated rings. The summed E-state index contributed by atoms with van der Waals surface area (Å²) in [6, 6.07) is 14.9. The Kier molecular flexibility index (Phi) is 6.07. The van der Waals surface area contributed by atoms with E-state index in [-0.39, 0.29) is 23.9 Å². The molecule has 0 saturated heterocycles. The fraction of sp³-hybridized carbons (Fsp3) is 0.263. The monoisotopic (exact) mass is 328 g/mol. The van der Waals surface area contributed by atoms with E-state index in [1.54, 1.807) is 19.1 Å². The molecule has 0 radical (unpaired) electrons. The summed E-state index contributed by atoms with van der Waals surface area (Å²) >= 11 is 0. The first-order chi connectivity index (χ1) is 11.5. The van der Waals surface area contributed by atoms with Crippen molar-refractivity contribution in [2.45, 2.75) is 32.2 Å². The summed E-state index contributed by atoms with van der Waals surface area (Å²) < 4.78 is 13.5. The van der Waals surface area contributed by atoms with Crippen LogP contribution in [-0.2, 0) is 9.59 Å². The summed E-state index contributed by atoms with van der Waals surface area (Å²) in [5, 5.41) is 5.12. The summed E-state index contributed by atoms with van der Waals surface area (Å²) in [4.78, 5) is 24.2. The molecule has 5 heteroatoms. The predicted molar refractivity (Wildman–Crippen MR) is 92.1 cm³/mol. The number of nitrogens with one attached hydrogen (secondary N) is 2. The zero-order chi connectivity index (χ0) is 17.5. The number of halogens is 1. The topological polar surface area (TPSA) is 58.2 Å². The molecule has 0 heterocycles. The molecule has 2 amide bonds. The smallest absolute Gasteiger partial charge is 0.246 e. The lowest BCUT2D eigenvalue weighted by Gasteiger charge is -2.16. The normalized spacial score (nSPS) is 13.0. The van der Waals surface area contributed by atoms with Crippen LogP contribution in [0.4, 0.5) is 10.1 Å². The van der Waals surface area contributed by atoms with E-state index in [9.17, 15) is 14.0 Å². The first kappa shape index (κ1) is 17.7. The highest BCUT2D eigenvalue weighted by Crippen LogP contribution is 2.18. The second-order valence-electron chi connectivity index (χ2n) is 5.77. The molecule has 4 nitrogen and oxygen atoms in total. The third kappa shape index (κ3) is 4.91. The van der Waals surface area contributed by atoms with E-state index < -0.39 is 17.8 Å². The molecule has 0 saturated carbocycles. The second kappa shape index (κ2) is 8.24. The largest absolute Gasteiger partial charge is 0.345 e. The number of carbonyl (C=O) groups is 2. The lowest BCUT2D eigenvalue weighted by molar-refractivity contribution is -0.126. The van der Waals surface area contributed by atoms with Crippen LogP contribution in [0, 0.1) is 5.82 Å². The summed E-state index contributed by atoms with van der Waals surface area (Å²) in [6.45, 7) is 3.53. The van der Waals surface area contributed by atoms with Gasteiger partial charge in [0.05, 0.1) is 5.69 Å². The maximum atomic E-state index is 13.5. The molecule has 24 heavy (non-hydrogen) atoms. The molecule has 0 aliphatic rings. The number of anilines is 1. The summed E-state index contributed by atoms with van der Waals surface area (Å²) in [6.07, 6.45) is 0.279. The van der Waals surface area contributed by atoms with Crippen molar-refractivity contribution in [3.05, 3.63) is 66.0 Å². The Hall–Kier alpha value is -2.69. The lowest BCUT2D eigenvalue weighted by atomic mass is 9.97. The van der Waals surface area contributed by atoms with Gasteiger partial charge in [-0.3, -0.25) is 9.59 Å². The van der Waals surface area contributed by atoms with Gasteiger partial charge in [0.2, 0.25) is 11.8 Å². The maximum absolute atomic E-state index is 13.5. The van der Waals surface area contributed by atoms with E-state index >= 15 is 0 Å². The van der Waals surface area contributed by atoms with Gasteiger partial charge < -0.3 is 10.6 Å². The number of carbonyl (C=O) groups excluding carboxylic acids is 2. The Morgan fingerprint density at radius 3 is 2.29 bits per heavy atom. The molecule has 2 aromatic rings. The van der Waals surface area contributed by atoms with Crippen LogP contribution in [0.25, 0.3) is 0 Å². The molecule has 2 aromatic carbocycles. The molecular formula is C19H21FN2O2. The first-order valence-corrected chi connectivity index (χ1v) is 7.87.